The van der Waals surface area contributed by atoms with Gasteiger partial charge in [0, 0.05) is 18.8 Å². The van der Waals surface area contributed by atoms with Gasteiger partial charge in [-0.1, -0.05) is 0 Å². The number of nitrogens with one attached hydrogen (secondary N) is 1. The molecule has 1 unspecified atom stereocenters. The van der Waals surface area contributed by atoms with Crippen LogP contribution >= 0.6 is 12.4 Å². The van der Waals surface area contributed by atoms with Crippen LogP contribution in [-0.4, -0.2) is 42.2 Å². The number of hydrogen-bond donors (Lipinski definition) is 1. The fourth-order valence-corrected chi connectivity index (χ4v) is 3.55. The summed E-state index contributed by atoms with van der Waals surface area (Å²) in [5.74, 6) is 0.693. The first-order chi connectivity index (χ1) is 12.3. The highest BCUT2D eigenvalue weighted by atomic mass is 35.5. The molecule has 0 spiro atoms. The van der Waals surface area contributed by atoms with E-state index in [1.54, 1.807) is 0 Å². The van der Waals surface area contributed by atoms with E-state index in [1.165, 1.54) is 12.0 Å². The Kier molecular flexibility index (Phi) is 4.34. The van der Waals surface area contributed by atoms with E-state index in [1.807, 2.05) is 35.5 Å². The van der Waals surface area contributed by atoms with Gasteiger partial charge in [0.05, 0.1) is 29.8 Å². The van der Waals surface area contributed by atoms with Crippen LogP contribution in [0.25, 0.3) is 28.1 Å². The Bertz CT molecular complexity index is 1060. The molecule has 4 aromatic heterocycles. The molecule has 134 valence electrons. The summed E-state index contributed by atoms with van der Waals surface area (Å²) in [6.45, 7) is 4.12. The predicted molar refractivity (Wildman–Crippen MR) is 103 cm³/mol. The van der Waals surface area contributed by atoms with E-state index >= 15 is 0 Å². The zero-order valence-corrected chi connectivity index (χ0v) is 15.3. The molecule has 8 heteroatoms. The quantitative estimate of drug-likeness (QED) is 0.588. The third-order valence-corrected chi connectivity index (χ3v) is 4.90. The summed E-state index contributed by atoms with van der Waals surface area (Å²) >= 11 is 0. The van der Waals surface area contributed by atoms with Crippen molar-refractivity contribution in [2.75, 3.05) is 13.1 Å². The molecule has 0 aromatic carbocycles. The first-order valence-electron chi connectivity index (χ1n) is 8.64. The summed E-state index contributed by atoms with van der Waals surface area (Å²) in [4.78, 5) is 13.9. The topological polar surface area (TPSA) is 72.9 Å². The Morgan fingerprint density at radius 3 is 3.00 bits per heavy atom. The first kappa shape index (κ1) is 16.9. The molecule has 1 N–H and O–H groups in total. The molecular formula is C18H20ClN7. The van der Waals surface area contributed by atoms with Crippen molar-refractivity contribution in [2.24, 2.45) is 0 Å². The van der Waals surface area contributed by atoms with E-state index in [0.717, 1.165) is 41.8 Å². The van der Waals surface area contributed by atoms with Crippen molar-refractivity contribution >= 4 is 29.1 Å². The SMILES string of the molecule is Cc1ccn2ncc(-c3ncc4ncn(C5CCCNC5)c4n3)c2c1.Cl. The number of piperidine rings is 1. The molecule has 4 aromatic rings. The van der Waals surface area contributed by atoms with Gasteiger partial charge < -0.3 is 9.88 Å². The molecule has 1 aliphatic rings. The van der Waals surface area contributed by atoms with Crippen molar-refractivity contribution in [2.45, 2.75) is 25.8 Å². The molecule has 1 saturated heterocycles. The summed E-state index contributed by atoms with van der Waals surface area (Å²) in [5.41, 5.74) is 4.88. The van der Waals surface area contributed by atoms with Crippen LogP contribution in [0.3, 0.4) is 0 Å². The zero-order chi connectivity index (χ0) is 16.8. The summed E-state index contributed by atoms with van der Waals surface area (Å²) in [5, 5.41) is 7.88. The van der Waals surface area contributed by atoms with Gasteiger partial charge in [0.25, 0.3) is 0 Å². The van der Waals surface area contributed by atoms with Crippen LogP contribution in [0.15, 0.2) is 37.1 Å². The Morgan fingerprint density at radius 2 is 2.15 bits per heavy atom. The number of halogens is 1. The number of aromatic nitrogens is 6. The highest BCUT2D eigenvalue weighted by Gasteiger charge is 2.19. The van der Waals surface area contributed by atoms with E-state index in [9.17, 15) is 0 Å². The van der Waals surface area contributed by atoms with Gasteiger partial charge in [0.2, 0.25) is 0 Å². The smallest absolute Gasteiger partial charge is 0.165 e. The van der Waals surface area contributed by atoms with Crippen molar-refractivity contribution in [1.29, 1.82) is 0 Å². The van der Waals surface area contributed by atoms with E-state index in [0.29, 0.717) is 11.9 Å². The monoisotopic (exact) mass is 369 g/mol. The fraction of sp³-hybridized carbons (Fsp3) is 0.333. The number of imidazole rings is 1. The molecule has 26 heavy (non-hydrogen) atoms. The van der Waals surface area contributed by atoms with Crippen LogP contribution in [-0.2, 0) is 0 Å². The van der Waals surface area contributed by atoms with Gasteiger partial charge >= 0.3 is 0 Å². The molecule has 7 nitrogen and oxygen atoms in total. The number of rotatable bonds is 2. The second-order valence-corrected chi connectivity index (χ2v) is 6.65. The molecular weight excluding hydrogens is 350 g/mol. The summed E-state index contributed by atoms with van der Waals surface area (Å²) in [6.07, 6.45) is 9.82. The molecule has 5 heterocycles. The number of aryl methyl sites for hydroxylation is 1. The predicted octanol–water partition coefficient (Wildman–Crippen LogP) is 2.80. The summed E-state index contributed by atoms with van der Waals surface area (Å²) in [6, 6.07) is 4.55. The summed E-state index contributed by atoms with van der Waals surface area (Å²) in [7, 11) is 0. The summed E-state index contributed by atoms with van der Waals surface area (Å²) < 4.78 is 4.04. The molecule has 5 rings (SSSR count). The average Bonchev–Trinajstić information content (AvgIpc) is 3.25. The van der Waals surface area contributed by atoms with Crippen molar-refractivity contribution in [1.82, 2.24) is 34.4 Å². The van der Waals surface area contributed by atoms with Gasteiger partial charge in [-0.3, -0.25) is 0 Å². The molecule has 1 aliphatic heterocycles. The van der Waals surface area contributed by atoms with Gasteiger partial charge in [-0.25, -0.2) is 19.5 Å². The maximum absolute atomic E-state index is 4.84. The van der Waals surface area contributed by atoms with Crippen molar-refractivity contribution in [3.8, 4) is 11.4 Å². The molecule has 0 radical (unpaired) electrons. The maximum Gasteiger partial charge on any atom is 0.165 e. The Hall–Kier alpha value is -2.51. The Balaban J connectivity index is 0.00000168. The number of fused-ring (bicyclic) bond motifs is 2. The van der Waals surface area contributed by atoms with Crippen LogP contribution < -0.4 is 5.32 Å². The molecule has 0 bridgehead atoms. The van der Waals surface area contributed by atoms with Crippen molar-refractivity contribution in [3.05, 3.63) is 42.6 Å². The molecule has 0 amide bonds. The Labute approximate surface area is 156 Å². The zero-order valence-electron chi connectivity index (χ0n) is 14.5. The lowest BCUT2D eigenvalue weighted by atomic mass is 10.1. The highest BCUT2D eigenvalue weighted by molar-refractivity contribution is 5.85. The Morgan fingerprint density at radius 1 is 1.23 bits per heavy atom. The van der Waals surface area contributed by atoms with Gasteiger partial charge in [-0.05, 0) is 44.0 Å². The second-order valence-electron chi connectivity index (χ2n) is 6.65. The number of pyridine rings is 1. The lowest BCUT2D eigenvalue weighted by Crippen LogP contribution is -2.31. The maximum atomic E-state index is 4.84. The number of nitrogens with zero attached hydrogens (tertiary/aromatic N) is 6. The van der Waals surface area contributed by atoms with Crippen molar-refractivity contribution in [3.63, 3.8) is 0 Å². The standard InChI is InChI=1S/C18H19N7.ClH/c1-12-4-6-25-16(7-12)14(9-22-25)17-20-10-15-18(23-17)24(11-21-15)13-3-2-5-19-8-13;/h4,6-7,9-11,13,19H,2-3,5,8H2,1H3;1H. The van der Waals surface area contributed by atoms with Crippen LogP contribution in [0, 0.1) is 6.92 Å². The van der Waals surface area contributed by atoms with Gasteiger partial charge in [0.15, 0.2) is 11.5 Å². The van der Waals surface area contributed by atoms with Crippen LogP contribution in [0.2, 0.25) is 0 Å². The average molecular weight is 370 g/mol. The third kappa shape index (κ3) is 2.73. The van der Waals surface area contributed by atoms with E-state index in [4.69, 9.17) is 4.98 Å². The normalized spacial score (nSPS) is 17.5. The van der Waals surface area contributed by atoms with Crippen LogP contribution in [0.4, 0.5) is 0 Å². The molecule has 0 aliphatic carbocycles. The molecule has 1 atom stereocenters. The number of hydrogen-bond acceptors (Lipinski definition) is 5. The van der Waals surface area contributed by atoms with Gasteiger partial charge in [-0.15, -0.1) is 12.4 Å². The lowest BCUT2D eigenvalue weighted by molar-refractivity contribution is 0.376. The fourth-order valence-electron chi connectivity index (χ4n) is 3.55. The highest BCUT2D eigenvalue weighted by Crippen LogP contribution is 2.25. The van der Waals surface area contributed by atoms with E-state index in [-0.39, 0.29) is 12.4 Å². The first-order valence-corrected chi connectivity index (χ1v) is 8.64. The van der Waals surface area contributed by atoms with Crippen LogP contribution in [0.1, 0.15) is 24.4 Å². The largest absolute Gasteiger partial charge is 0.315 e. The van der Waals surface area contributed by atoms with Gasteiger partial charge in [0.1, 0.15) is 5.52 Å². The lowest BCUT2D eigenvalue weighted by Gasteiger charge is -2.24. The third-order valence-electron chi connectivity index (χ3n) is 4.90. The van der Waals surface area contributed by atoms with Gasteiger partial charge in [-0.2, -0.15) is 5.10 Å². The van der Waals surface area contributed by atoms with E-state index < -0.39 is 0 Å². The van der Waals surface area contributed by atoms with Crippen molar-refractivity contribution < 1.29 is 0 Å². The second kappa shape index (κ2) is 6.66. The molecule has 0 saturated carbocycles. The minimum absolute atomic E-state index is 0. The minimum Gasteiger partial charge on any atom is -0.315 e. The minimum atomic E-state index is 0. The molecule has 1 fully saturated rings. The van der Waals surface area contributed by atoms with E-state index in [2.05, 4.69) is 37.9 Å². The van der Waals surface area contributed by atoms with Crippen LogP contribution in [0.5, 0.6) is 0 Å².